The first-order valence-electron chi connectivity index (χ1n) is 3.13. The van der Waals surface area contributed by atoms with Crippen LogP contribution in [0.25, 0.3) is 0 Å². The van der Waals surface area contributed by atoms with Crippen molar-refractivity contribution in [2.45, 2.75) is 6.92 Å². The SMILES string of the molecule is C#CCOP(=O)(O)CC=CC. The minimum atomic E-state index is -3.45. The van der Waals surface area contributed by atoms with E-state index in [-0.39, 0.29) is 12.8 Å². The summed E-state index contributed by atoms with van der Waals surface area (Å²) in [6.45, 7) is 1.65. The predicted molar refractivity (Wildman–Crippen MR) is 44.3 cm³/mol. The van der Waals surface area contributed by atoms with E-state index in [2.05, 4.69) is 10.4 Å². The number of allylic oxidation sites excluding steroid dienone is 2. The van der Waals surface area contributed by atoms with E-state index < -0.39 is 7.60 Å². The Kier molecular flexibility index (Phi) is 4.89. The molecule has 11 heavy (non-hydrogen) atoms. The van der Waals surface area contributed by atoms with Crippen molar-refractivity contribution in [1.29, 1.82) is 0 Å². The molecule has 0 rings (SSSR count). The van der Waals surface area contributed by atoms with Crippen molar-refractivity contribution in [3.63, 3.8) is 0 Å². The Labute approximate surface area is 66.6 Å². The second-order valence-electron chi connectivity index (χ2n) is 1.87. The van der Waals surface area contributed by atoms with Crippen LogP contribution in [0, 0.1) is 12.3 Å². The zero-order valence-corrected chi connectivity index (χ0v) is 7.25. The average molecular weight is 174 g/mol. The lowest BCUT2D eigenvalue weighted by Crippen LogP contribution is -1.92. The van der Waals surface area contributed by atoms with E-state index in [9.17, 15) is 4.57 Å². The van der Waals surface area contributed by atoms with Gasteiger partial charge in [-0.25, -0.2) is 0 Å². The van der Waals surface area contributed by atoms with Gasteiger partial charge in [-0.15, -0.1) is 6.42 Å². The fraction of sp³-hybridized carbons (Fsp3) is 0.429. The Morgan fingerprint density at radius 2 is 2.45 bits per heavy atom. The zero-order valence-electron chi connectivity index (χ0n) is 6.36. The van der Waals surface area contributed by atoms with Gasteiger partial charge in [-0.05, 0) is 6.92 Å². The first-order valence-corrected chi connectivity index (χ1v) is 4.89. The second kappa shape index (κ2) is 5.15. The normalized spacial score (nSPS) is 16.1. The van der Waals surface area contributed by atoms with E-state index in [1.165, 1.54) is 0 Å². The molecule has 62 valence electrons. The lowest BCUT2D eigenvalue weighted by atomic mass is 10.6. The van der Waals surface area contributed by atoms with Crippen LogP contribution in [-0.4, -0.2) is 17.7 Å². The topological polar surface area (TPSA) is 46.5 Å². The van der Waals surface area contributed by atoms with Crippen LogP contribution in [0.5, 0.6) is 0 Å². The molecule has 0 heterocycles. The second-order valence-corrected chi connectivity index (χ2v) is 3.76. The number of hydrogen-bond donors (Lipinski definition) is 1. The molecule has 0 fully saturated rings. The molecule has 0 aliphatic heterocycles. The molecule has 0 aliphatic carbocycles. The summed E-state index contributed by atoms with van der Waals surface area (Å²) in [5, 5.41) is 0. The minimum absolute atomic E-state index is 0.0190. The highest BCUT2D eigenvalue weighted by Gasteiger charge is 2.15. The van der Waals surface area contributed by atoms with Gasteiger partial charge < -0.3 is 4.89 Å². The fourth-order valence-corrected chi connectivity index (χ4v) is 1.29. The summed E-state index contributed by atoms with van der Waals surface area (Å²) < 4.78 is 15.4. The van der Waals surface area contributed by atoms with Crippen molar-refractivity contribution in [2.75, 3.05) is 12.8 Å². The highest BCUT2D eigenvalue weighted by molar-refractivity contribution is 7.53. The fourth-order valence-electron chi connectivity index (χ4n) is 0.429. The van der Waals surface area contributed by atoms with Gasteiger partial charge in [0.05, 0.1) is 6.16 Å². The summed E-state index contributed by atoms with van der Waals surface area (Å²) in [7, 11) is -3.45. The molecular formula is C7H11O3P. The van der Waals surface area contributed by atoms with Gasteiger partial charge >= 0.3 is 7.60 Å². The highest BCUT2D eigenvalue weighted by atomic mass is 31.2. The van der Waals surface area contributed by atoms with Crippen LogP contribution >= 0.6 is 7.60 Å². The van der Waals surface area contributed by atoms with Gasteiger partial charge in [-0.2, -0.15) is 0 Å². The van der Waals surface area contributed by atoms with E-state index in [4.69, 9.17) is 11.3 Å². The maximum absolute atomic E-state index is 10.9. The van der Waals surface area contributed by atoms with E-state index in [1.807, 2.05) is 0 Å². The number of terminal acetylenes is 1. The third-order valence-electron chi connectivity index (χ3n) is 0.921. The van der Waals surface area contributed by atoms with E-state index in [0.717, 1.165) is 0 Å². The molecule has 0 spiro atoms. The Balaban J connectivity index is 3.82. The predicted octanol–water partition coefficient (Wildman–Crippen LogP) is 1.40. The van der Waals surface area contributed by atoms with Gasteiger partial charge in [-0.3, -0.25) is 9.09 Å². The zero-order chi connectivity index (χ0) is 8.74. The van der Waals surface area contributed by atoms with Gasteiger partial charge in [-0.1, -0.05) is 18.1 Å². The summed E-state index contributed by atoms with van der Waals surface area (Å²) in [6, 6.07) is 0. The molecule has 0 aromatic heterocycles. The van der Waals surface area contributed by atoms with Gasteiger partial charge in [0.25, 0.3) is 0 Å². The van der Waals surface area contributed by atoms with Crippen LogP contribution in [0.1, 0.15) is 6.92 Å². The number of rotatable bonds is 4. The minimum Gasteiger partial charge on any atom is -0.324 e. The Morgan fingerprint density at radius 1 is 1.82 bits per heavy atom. The molecule has 0 bridgehead atoms. The summed E-state index contributed by atoms with van der Waals surface area (Å²) in [4.78, 5) is 8.96. The van der Waals surface area contributed by atoms with Crippen molar-refractivity contribution >= 4 is 7.60 Å². The van der Waals surface area contributed by atoms with Crippen LogP contribution in [0.15, 0.2) is 12.2 Å². The first kappa shape index (κ1) is 10.4. The molecule has 0 saturated heterocycles. The third-order valence-corrected chi connectivity index (χ3v) is 2.13. The van der Waals surface area contributed by atoms with Crippen molar-refractivity contribution in [1.82, 2.24) is 0 Å². The maximum Gasteiger partial charge on any atom is 0.332 e. The van der Waals surface area contributed by atoms with Crippen molar-refractivity contribution in [2.24, 2.45) is 0 Å². The summed E-state index contributed by atoms with van der Waals surface area (Å²) in [5.74, 6) is 2.12. The van der Waals surface area contributed by atoms with Crippen LogP contribution in [0.2, 0.25) is 0 Å². The summed E-state index contributed by atoms with van der Waals surface area (Å²) >= 11 is 0. The van der Waals surface area contributed by atoms with Crippen molar-refractivity contribution in [3.05, 3.63) is 12.2 Å². The van der Waals surface area contributed by atoms with Crippen LogP contribution in [0.4, 0.5) is 0 Å². The lowest BCUT2D eigenvalue weighted by molar-refractivity contribution is 0.294. The third kappa shape index (κ3) is 5.87. The standard InChI is InChI=1S/C7H11O3P/c1-3-5-7-11(8,9)10-6-4-2/h2-3,5H,6-7H2,1H3,(H,8,9). The van der Waals surface area contributed by atoms with Crippen molar-refractivity contribution < 1.29 is 14.0 Å². The summed E-state index contributed by atoms with van der Waals surface area (Å²) in [5.41, 5.74) is 0. The molecule has 0 aromatic rings. The molecule has 1 atom stereocenters. The first-order chi connectivity index (χ1) is 5.12. The smallest absolute Gasteiger partial charge is 0.324 e. The van der Waals surface area contributed by atoms with E-state index in [0.29, 0.717) is 0 Å². The van der Waals surface area contributed by atoms with Gasteiger partial charge in [0.2, 0.25) is 0 Å². The Hall–Kier alpha value is -0.550. The molecule has 0 aromatic carbocycles. The molecule has 1 N–H and O–H groups in total. The lowest BCUT2D eigenvalue weighted by Gasteiger charge is -2.06. The molecule has 0 saturated carbocycles. The number of hydrogen-bond acceptors (Lipinski definition) is 2. The molecule has 0 radical (unpaired) electrons. The van der Waals surface area contributed by atoms with Gasteiger partial charge in [0.1, 0.15) is 6.61 Å². The maximum atomic E-state index is 10.9. The van der Waals surface area contributed by atoms with Crippen LogP contribution in [-0.2, 0) is 9.09 Å². The Morgan fingerprint density at radius 3 is 2.91 bits per heavy atom. The molecule has 0 amide bonds. The molecular weight excluding hydrogens is 163 g/mol. The molecule has 1 unspecified atom stereocenters. The highest BCUT2D eigenvalue weighted by Crippen LogP contribution is 2.41. The van der Waals surface area contributed by atoms with E-state index in [1.54, 1.807) is 19.1 Å². The molecule has 0 aliphatic rings. The van der Waals surface area contributed by atoms with E-state index >= 15 is 0 Å². The van der Waals surface area contributed by atoms with Gasteiger partial charge in [0.15, 0.2) is 0 Å². The van der Waals surface area contributed by atoms with Gasteiger partial charge in [0, 0.05) is 0 Å². The molecule has 4 heteroatoms. The largest absolute Gasteiger partial charge is 0.332 e. The van der Waals surface area contributed by atoms with Crippen molar-refractivity contribution in [3.8, 4) is 12.3 Å². The Bertz CT molecular complexity index is 214. The monoisotopic (exact) mass is 174 g/mol. The molecule has 3 nitrogen and oxygen atoms in total. The summed E-state index contributed by atoms with van der Waals surface area (Å²) in [6.07, 6.45) is 8.11. The van der Waals surface area contributed by atoms with Crippen LogP contribution in [0.3, 0.4) is 0 Å². The van der Waals surface area contributed by atoms with Crippen LogP contribution < -0.4 is 0 Å². The average Bonchev–Trinajstić information content (AvgIpc) is 1.97. The quantitative estimate of drug-likeness (QED) is 0.398.